The monoisotopic (exact) mass is 479 g/mol. The average molecular weight is 480 g/mol. The Morgan fingerprint density at radius 3 is 2.58 bits per heavy atom. The van der Waals surface area contributed by atoms with Gasteiger partial charge in [-0.2, -0.15) is 13.2 Å². The van der Waals surface area contributed by atoms with E-state index in [1.54, 1.807) is 13.1 Å². The van der Waals surface area contributed by atoms with Gasteiger partial charge in [0.05, 0.1) is 28.3 Å². The van der Waals surface area contributed by atoms with Crippen molar-refractivity contribution in [2.45, 2.75) is 12.7 Å². The predicted octanol–water partition coefficient (Wildman–Crippen LogP) is 2.70. The summed E-state index contributed by atoms with van der Waals surface area (Å²) in [5.41, 5.74) is -3.01. The summed E-state index contributed by atoms with van der Waals surface area (Å²) in [6.07, 6.45) is -3.90. The highest BCUT2D eigenvalue weighted by atomic mass is 35.5. The molecule has 1 N–H and O–H groups in total. The molecule has 9 nitrogen and oxygen atoms in total. The normalized spacial score (nSPS) is 11.8. The van der Waals surface area contributed by atoms with Crippen LogP contribution >= 0.6 is 11.6 Å². The van der Waals surface area contributed by atoms with Gasteiger partial charge in [-0.15, -0.1) is 5.10 Å². The summed E-state index contributed by atoms with van der Waals surface area (Å²) in [5.74, 6) is -1.61. The third kappa shape index (κ3) is 3.89. The number of alkyl halides is 3. The predicted molar refractivity (Wildman–Crippen MR) is 111 cm³/mol. The van der Waals surface area contributed by atoms with Crippen molar-refractivity contribution in [1.29, 1.82) is 0 Å². The largest absolute Gasteiger partial charge is 0.477 e. The molecular formula is C20H13ClF3N5O4. The number of halogens is 4. The maximum atomic E-state index is 13.2. The molecule has 0 amide bonds. The molecule has 2 heterocycles. The Morgan fingerprint density at radius 2 is 1.91 bits per heavy atom. The molecule has 170 valence electrons. The number of hydrogen-bond donors (Lipinski definition) is 1. The molecule has 0 aliphatic heterocycles. The van der Waals surface area contributed by atoms with E-state index in [2.05, 4.69) is 10.3 Å². The van der Waals surface area contributed by atoms with Gasteiger partial charge in [-0.3, -0.25) is 13.9 Å². The zero-order valence-corrected chi connectivity index (χ0v) is 17.4. The summed E-state index contributed by atoms with van der Waals surface area (Å²) < 4.78 is 42.5. The topological polar surface area (TPSA) is 112 Å². The van der Waals surface area contributed by atoms with Crippen LogP contribution in [0.1, 0.15) is 21.5 Å². The number of nitrogens with zero attached hydrogens (tertiary/aromatic N) is 5. The lowest BCUT2D eigenvalue weighted by molar-refractivity contribution is -0.137. The molecule has 13 heteroatoms. The lowest BCUT2D eigenvalue weighted by Gasteiger charge is -2.15. The summed E-state index contributed by atoms with van der Waals surface area (Å²) in [6, 6.07) is 7.60. The van der Waals surface area contributed by atoms with Gasteiger partial charge in [0, 0.05) is 13.2 Å². The van der Waals surface area contributed by atoms with Gasteiger partial charge in [0.25, 0.3) is 5.56 Å². The molecular weight excluding hydrogens is 467 g/mol. The Morgan fingerprint density at radius 1 is 1.18 bits per heavy atom. The van der Waals surface area contributed by atoms with E-state index in [1.165, 1.54) is 22.9 Å². The minimum Gasteiger partial charge on any atom is -0.477 e. The van der Waals surface area contributed by atoms with Crippen LogP contribution in [0.4, 0.5) is 13.2 Å². The van der Waals surface area contributed by atoms with Crippen LogP contribution in [0.5, 0.6) is 0 Å². The van der Waals surface area contributed by atoms with Crippen LogP contribution in [0.25, 0.3) is 16.7 Å². The van der Waals surface area contributed by atoms with E-state index >= 15 is 0 Å². The van der Waals surface area contributed by atoms with Crippen LogP contribution in [-0.4, -0.2) is 35.2 Å². The van der Waals surface area contributed by atoms with Crippen LogP contribution in [0.15, 0.2) is 52.2 Å². The van der Waals surface area contributed by atoms with Gasteiger partial charge in [-0.25, -0.2) is 14.3 Å². The van der Waals surface area contributed by atoms with Crippen LogP contribution in [-0.2, 0) is 19.8 Å². The summed E-state index contributed by atoms with van der Waals surface area (Å²) in [4.78, 5) is 37.5. The fourth-order valence-corrected chi connectivity index (χ4v) is 3.64. The molecule has 0 saturated heterocycles. The first-order valence-corrected chi connectivity index (χ1v) is 9.61. The van der Waals surface area contributed by atoms with E-state index in [0.717, 1.165) is 22.9 Å². The highest BCUT2D eigenvalue weighted by Crippen LogP contribution is 2.36. The molecule has 2 aromatic carbocycles. The lowest BCUT2D eigenvalue weighted by Crippen LogP contribution is -2.42. The Labute approximate surface area is 186 Å². The van der Waals surface area contributed by atoms with E-state index in [9.17, 15) is 32.7 Å². The molecule has 4 rings (SSSR count). The quantitative estimate of drug-likeness (QED) is 0.481. The van der Waals surface area contributed by atoms with Crippen LogP contribution in [0, 0.1) is 0 Å². The molecule has 0 radical (unpaired) electrons. The van der Waals surface area contributed by atoms with Crippen molar-refractivity contribution in [3.05, 3.63) is 85.1 Å². The van der Waals surface area contributed by atoms with Crippen molar-refractivity contribution in [3.8, 4) is 5.69 Å². The third-order valence-corrected chi connectivity index (χ3v) is 5.43. The van der Waals surface area contributed by atoms with Crippen molar-refractivity contribution in [2.75, 3.05) is 0 Å². The number of carboxylic acids is 1. The molecule has 0 aliphatic carbocycles. The average Bonchev–Trinajstić information content (AvgIpc) is 3.11. The van der Waals surface area contributed by atoms with Crippen molar-refractivity contribution in [3.63, 3.8) is 0 Å². The minimum atomic E-state index is -4.76. The van der Waals surface area contributed by atoms with Crippen LogP contribution < -0.4 is 11.2 Å². The van der Waals surface area contributed by atoms with Gasteiger partial charge in [0.1, 0.15) is 11.1 Å². The summed E-state index contributed by atoms with van der Waals surface area (Å²) in [5, 5.41) is 16.6. The number of aromatic carboxylic acids is 1. The molecule has 33 heavy (non-hydrogen) atoms. The highest BCUT2D eigenvalue weighted by molar-refractivity contribution is 6.32. The molecule has 0 bridgehead atoms. The number of aryl methyl sites for hydroxylation is 1. The maximum Gasteiger partial charge on any atom is 0.417 e. The molecule has 0 atom stereocenters. The molecule has 0 saturated carbocycles. The number of rotatable bonds is 4. The van der Waals surface area contributed by atoms with Crippen molar-refractivity contribution >= 4 is 28.6 Å². The molecule has 2 aromatic heterocycles. The number of carboxylic acid groups (broad SMARTS) is 1. The number of carbonyl (C=O) groups is 1. The summed E-state index contributed by atoms with van der Waals surface area (Å²) in [6.45, 7) is -0.672. The fourth-order valence-electron chi connectivity index (χ4n) is 3.34. The van der Waals surface area contributed by atoms with E-state index in [4.69, 9.17) is 11.6 Å². The van der Waals surface area contributed by atoms with Gasteiger partial charge in [-0.1, -0.05) is 28.9 Å². The minimum absolute atomic E-state index is 0.177. The zero-order valence-electron chi connectivity index (χ0n) is 16.7. The van der Waals surface area contributed by atoms with E-state index in [1.807, 2.05) is 0 Å². The fraction of sp³-hybridized carbons (Fsp3) is 0.150. The molecule has 0 unspecified atom stereocenters. The first-order valence-electron chi connectivity index (χ1n) is 9.23. The number of benzene rings is 2. The Kier molecular flexibility index (Phi) is 5.32. The third-order valence-electron chi connectivity index (χ3n) is 4.99. The number of fused-ring (bicyclic) bond motifs is 1. The standard InChI is InChI=1S/C20H13ClF3N5O4/c1-27-15-6-5-11(7-14(15)25-26-27)28-9-12(18(31)32)17(30)29(19(28)33)8-10-3-2-4-13(16(10)21)20(22,23)24/h2-7,9H,8H2,1H3,(H,31,32). The zero-order chi connectivity index (χ0) is 24.1. The van der Waals surface area contributed by atoms with Gasteiger partial charge >= 0.3 is 17.8 Å². The second kappa shape index (κ2) is 7.89. The van der Waals surface area contributed by atoms with Gasteiger partial charge in [-0.05, 0) is 29.8 Å². The van der Waals surface area contributed by atoms with Gasteiger partial charge in [0.2, 0.25) is 0 Å². The second-order valence-corrected chi connectivity index (χ2v) is 7.43. The van der Waals surface area contributed by atoms with Crippen molar-refractivity contribution < 1.29 is 23.1 Å². The summed E-state index contributed by atoms with van der Waals surface area (Å²) in [7, 11) is 1.66. The van der Waals surface area contributed by atoms with Crippen molar-refractivity contribution in [1.82, 2.24) is 24.1 Å². The molecule has 4 aromatic rings. The molecule has 0 spiro atoms. The smallest absolute Gasteiger partial charge is 0.417 e. The highest BCUT2D eigenvalue weighted by Gasteiger charge is 2.34. The Bertz CT molecular complexity index is 1540. The van der Waals surface area contributed by atoms with Crippen LogP contribution in [0.2, 0.25) is 5.02 Å². The lowest BCUT2D eigenvalue weighted by atomic mass is 10.1. The van der Waals surface area contributed by atoms with E-state index in [0.29, 0.717) is 15.6 Å². The van der Waals surface area contributed by atoms with E-state index in [-0.39, 0.29) is 11.3 Å². The first kappa shape index (κ1) is 22.3. The number of aromatic nitrogens is 5. The van der Waals surface area contributed by atoms with Crippen LogP contribution in [0.3, 0.4) is 0 Å². The Balaban J connectivity index is 1.92. The molecule has 0 fully saturated rings. The second-order valence-electron chi connectivity index (χ2n) is 7.05. The van der Waals surface area contributed by atoms with E-state index < -0.39 is 46.1 Å². The van der Waals surface area contributed by atoms with Crippen molar-refractivity contribution in [2.24, 2.45) is 7.05 Å². The van der Waals surface area contributed by atoms with Gasteiger partial charge < -0.3 is 5.11 Å². The SMILES string of the molecule is Cn1nnc2cc(-n3cc(C(=O)O)c(=O)n(Cc4cccc(C(F)(F)F)c4Cl)c3=O)ccc21. The Hall–Kier alpha value is -3.93. The van der Waals surface area contributed by atoms with Gasteiger partial charge in [0.15, 0.2) is 0 Å². The maximum absolute atomic E-state index is 13.2. The molecule has 0 aliphatic rings. The summed E-state index contributed by atoms with van der Waals surface area (Å²) >= 11 is 5.90. The first-order chi connectivity index (χ1) is 15.5. The number of hydrogen-bond acceptors (Lipinski definition) is 5.